The average molecular weight is 1090 g/mol. The van der Waals surface area contributed by atoms with Crippen molar-refractivity contribution < 1.29 is 42.9 Å². The van der Waals surface area contributed by atoms with Crippen LogP contribution in [0.3, 0.4) is 0 Å². The van der Waals surface area contributed by atoms with Crippen molar-refractivity contribution in [1.29, 1.82) is 0 Å². The second-order valence-corrected chi connectivity index (χ2v) is 23.8. The molecule has 0 aliphatic heterocycles. The molecule has 0 saturated carbocycles. The molecule has 0 radical (unpaired) electrons. The van der Waals surface area contributed by atoms with Crippen molar-refractivity contribution in [3.05, 3.63) is 36.5 Å². The van der Waals surface area contributed by atoms with E-state index in [1.165, 1.54) is 231 Å². The van der Waals surface area contributed by atoms with Crippen LogP contribution in [0.1, 0.15) is 322 Å². The molecule has 9 nitrogen and oxygen atoms in total. The standard InChI is InChI=1S/C68H127NO8/c1-6-8-10-12-14-16-18-20-21-22-23-24-25-26-27-28-29-30-31-32-33-34-35-36-37-38-39-40-41-42-43-44-45-47-49-51-53-55-57-59-66(71)77-64(63-76-68(67(72)73)74-61-60-69(3,4)5)62-75-65(70)58-56-54-52-50-48-46-19-17-15-13-11-9-7-2/h17-20,22-23,64,68H,6-16,21,24-63H2,1-5H3/p+1/b19-17-,20-18-,23-22-. The van der Waals surface area contributed by atoms with Gasteiger partial charge in [-0.05, 0) is 70.6 Å². The van der Waals surface area contributed by atoms with Gasteiger partial charge >= 0.3 is 17.9 Å². The maximum absolute atomic E-state index is 12.9. The van der Waals surface area contributed by atoms with Crippen LogP contribution in [0.2, 0.25) is 0 Å². The Bertz CT molecular complexity index is 1360. The van der Waals surface area contributed by atoms with E-state index in [1.807, 2.05) is 21.1 Å². The number of carboxylic acid groups (broad SMARTS) is 1. The molecule has 0 rings (SSSR count). The number of ether oxygens (including phenoxy) is 4. The van der Waals surface area contributed by atoms with Gasteiger partial charge in [-0.15, -0.1) is 0 Å². The second-order valence-electron chi connectivity index (χ2n) is 23.8. The Hall–Kier alpha value is -2.49. The summed E-state index contributed by atoms with van der Waals surface area (Å²) in [7, 11) is 5.98. The SMILES string of the molecule is CCCCCC/C=C\CCCCCCCC(=O)OCC(COC(OCC[N+](C)(C)C)C(=O)O)OC(=O)CCCCCCCCCCCCCCCCCCCCCCCCCCCCC/C=C\C/C=C\CCCCCCC. The lowest BCUT2D eigenvalue weighted by atomic mass is 10.0. The van der Waals surface area contributed by atoms with E-state index in [2.05, 4.69) is 50.3 Å². The minimum Gasteiger partial charge on any atom is -0.477 e. The predicted octanol–water partition coefficient (Wildman–Crippen LogP) is 20.0. The number of quaternary nitrogens is 1. The maximum atomic E-state index is 12.9. The minimum absolute atomic E-state index is 0.182. The molecule has 0 saturated heterocycles. The molecule has 0 aromatic heterocycles. The zero-order chi connectivity index (χ0) is 56.2. The lowest BCUT2D eigenvalue weighted by molar-refractivity contribution is -0.870. The molecule has 2 unspecified atom stereocenters. The van der Waals surface area contributed by atoms with Crippen LogP contribution in [0.5, 0.6) is 0 Å². The van der Waals surface area contributed by atoms with Gasteiger partial charge in [0.25, 0.3) is 6.29 Å². The first-order valence-corrected chi connectivity index (χ1v) is 33.2. The first-order chi connectivity index (χ1) is 37.6. The highest BCUT2D eigenvalue weighted by molar-refractivity contribution is 5.71. The Morgan fingerprint density at radius 2 is 0.701 bits per heavy atom. The van der Waals surface area contributed by atoms with E-state index in [0.29, 0.717) is 17.4 Å². The summed E-state index contributed by atoms with van der Waals surface area (Å²) in [6.45, 7) is 4.88. The molecule has 0 aliphatic carbocycles. The summed E-state index contributed by atoms with van der Waals surface area (Å²) < 4.78 is 22.9. The summed E-state index contributed by atoms with van der Waals surface area (Å²) in [5.41, 5.74) is 0. The smallest absolute Gasteiger partial charge is 0.361 e. The van der Waals surface area contributed by atoms with Crippen molar-refractivity contribution in [3.8, 4) is 0 Å². The van der Waals surface area contributed by atoms with Gasteiger partial charge in [0.1, 0.15) is 13.2 Å². The molecule has 0 spiro atoms. The number of hydrogen-bond acceptors (Lipinski definition) is 7. The Labute approximate surface area is 477 Å². The lowest BCUT2D eigenvalue weighted by Crippen LogP contribution is -2.40. The van der Waals surface area contributed by atoms with E-state index in [-0.39, 0.29) is 32.2 Å². The van der Waals surface area contributed by atoms with Gasteiger partial charge in [-0.1, -0.05) is 275 Å². The summed E-state index contributed by atoms with van der Waals surface area (Å²) in [6, 6.07) is 0. The Morgan fingerprint density at radius 1 is 0.390 bits per heavy atom. The van der Waals surface area contributed by atoms with Gasteiger partial charge in [-0.25, -0.2) is 4.79 Å². The van der Waals surface area contributed by atoms with Crippen LogP contribution in [0.25, 0.3) is 0 Å². The zero-order valence-electron chi connectivity index (χ0n) is 51.6. The molecule has 452 valence electrons. The van der Waals surface area contributed by atoms with Crippen LogP contribution in [0.4, 0.5) is 0 Å². The summed E-state index contributed by atoms with van der Waals surface area (Å²) >= 11 is 0. The average Bonchev–Trinajstić information content (AvgIpc) is 3.40. The molecule has 2 atom stereocenters. The van der Waals surface area contributed by atoms with E-state index in [4.69, 9.17) is 18.9 Å². The van der Waals surface area contributed by atoms with Gasteiger partial charge in [-0.3, -0.25) is 9.59 Å². The number of aliphatic carboxylic acids is 1. The highest BCUT2D eigenvalue weighted by Crippen LogP contribution is 2.18. The highest BCUT2D eigenvalue weighted by atomic mass is 16.7. The quantitative estimate of drug-likeness (QED) is 0.0211. The summed E-state index contributed by atoms with van der Waals surface area (Å²) in [6.07, 6.45) is 71.3. The van der Waals surface area contributed by atoms with Crippen LogP contribution >= 0.6 is 0 Å². The molecule has 0 amide bonds. The normalized spacial score (nSPS) is 12.9. The van der Waals surface area contributed by atoms with Crippen molar-refractivity contribution in [3.63, 3.8) is 0 Å². The number of carboxylic acids is 1. The molecule has 0 aliphatic rings. The first kappa shape index (κ1) is 74.5. The predicted molar refractivity (Wildman–Crippen MR) is 327 cm³/mol. The van der Waals surface area contributed by atoms with E-state index >= 15 is 0 Å². The van der Waals surface area contributed by atoms with Crippen molar-refractivity contribution in [2.24, 2.45) is 0 Å². The van der Waals surface area contributed by atoms with Gasteiger partial charge in [0.05, 0.1) is 34.4 Å². The molecular weight excluding hydrogens is 959 g/mol. The van der Waals surface area contributed by atoms with E-state index in [0.717, 1.165) is 64.2 Å². The Balaban J connectivity index is 3.91. The molecule has 9 heteroatoms. The largest absolute Gasteiger partial charge is 0.477 e. The molecule has 0 heterocycles. The number of esters is 2. The number of nitrogens with zero attached hydrogens (tertiary/aromatic N) is 1. The Morgan fingerprint density at radius 3 is 1.05 bits per heavy atom. The third-order valence-electron chi connectivity index (χ3n) is 14.9. The van der Waals surface area contributed by atoms with Gasteiger partial charge < -0.3 is 28.5 Å². The van der Waals surface area contributed by atoms with Crippen molar-refractivity contribution in [2.75, 3.05) is 47.5 Å². The van der Waals surface area contributed by atoms with Crippen LogP contribution < -0.4 is 0 Å². The van der Waals surface area contributed by atoms with Gasteiger partial charge in [0.2, 0.25) is 0 Å². The molecule has 1 N–H and O–H groups in total. The van der Waals surface area contributed by atoms with Crippen LogP contribution in [0.15, 0.2) is 36.5 Å². The fourth-order valence-corrected chi connectivity index (χ4v) is 9.75. The van der Waals surface area contributed by atoms with E-state index in [9.17, 15) is 19.5 Å². The van der Waals surface area contributed by atoms with Gasteiger partial charge in [0.15, 0.2) is 6.10 Å². The van der Waals surface area contributed by atoms with Crippen LogP contribution in [-0.4, -0.2) is 87.4 Å². The number of unbranched alkanes of at least 4 members (excludes halogenated alkanes) is 41. The zero-order valence-corrected chi connectivity index (χ0v) is 51.6. The molecular formula is C68H128NO8+. The number of carbonyl (C=O) groups excluding carboxylic acids is 2. The fraction of sp³-hybridized carbons (Fsp3) is 0.868. The second kappa shape index (κ2) is 59.6. The minimum atomic E-state index is -1.51. The number of hydrogen-bond donors (Lipinski definition) is 1. The Kier molecular flexibility index (Phi) is 57.7. The fourth-order valence-electron chi connectivity index (χ4n) is 9.75. The van der Waals surface area contributed by atoms with Crippen molar-refractivity contribution in [1.82, 2.24) is 0 Å². The van der Waals surface area contributed by atoms with Crippen LogP contribution in [-0.2, 0) is 33.3 Å². The summed E-state index contributed by atoms with van der Waals surface area (Å²) in [4.78, 5) is 37.4. The van der Waals surface area contributed by atoms with Crippen molar-refractivity contribution in [2.45, 2.75) is 334 Å². The number of rotatable bonds is 62. The monoisotopic (exact) mass is 1090 g/mol. The topological polar surface area (TPSA) is 108 Å². The van der Waals surface area contributed by atoms with Crippen LogP contribution in [0, 0.1) is 0 Å². The lowest BCUT2D eigenvalue weighted by Gasteiger charge is -2.25. The van der Waals surface area contributed by atoms with E-state index < -0.39 is 24.3 Å². The first-order valence-electron chi connectivity index (χ1n) is 33.2. The van der Waals surface area contributed by atoms with Gasteiger partial charge in [-0.2, -0.15) is 0 Å². The van der Waals surface area contributed by atoms with Gasteiger partial charge in [0, 0.05) is 12.8 Å². The maximum Gasteiger partial charge on any atom is 0.361 e. The van der Waals surface area contributed by atoms with Crippen molar-refractivity contribution >= 4 is 17.9 Å². The van der Waals surface area contributed by atoms with E-state index in [1.54, 1.807) is 0 Å². The molecule has 0 aromatic rings. The number of allylic oxidation sites excluding steroid dienone is 6. The molecule has 0 fully saturated rings. The molecule has 0 aromatic carbocycles. The molecule has 77 heavy (non-hydrogen) atoms. The molecule has 0 bridgehead atoms. The summed E-state index contributed by atoms with van der Waals surface area (Å²) in [5, 5.41) is 9.70. The number of likely N-dealkylation sites (N-methyl/N-ethyl adjacent to an activating group) is 1. The third-order valence-corrected chi connectivity index (χ3v) is 14.9. The summed E-state index contributed by atoms with van der Waals surface area (Å²) in [5.74, 6) is -2.00. The number of carbonyl (C=O) groups is 3. The third kappa shape index (κ3) is 61.0. The highest BCUT2D eigenvalue weighted by Gasteiger charge is 2.25.